The van der Waals surface area contributed by atoms with E-state index in [1.807, 2.05) is 0 Å². The Hall–Kier alpha value is -2.68. The molecule has 158 valence electrons. The van der Waals surface area contributed by atoms with E-state index in [1.54, 1.807) is 23.1 Å². The zero-order valence-corrected chi connectivity index (χ0v) is 17.0. The Morgan fingerprint density at radius 2 is 1.97 bits per heavy atom. The molecule has 0 bridgehead atoms. The molecule has 7 nitrogen and oxygen atoms in total. The second kappa shape index (κ2) is 8.99. The van der Waals surface area contributed by atoms with Crippen molar-refractivity contribution in [3.8, 4) is 5.75 Å². The minimum absolute atomic E-state index is 0.0293. The number of rotatable bonds is 5. The van der Waals surface area contributed by atoms with Gasteiger partial charge < -0.3 is 19.7 Å². The molecule has 2 aliphatic rings. The van der Waals surface area contributed by atoms with Crippen molar-refractivity contribution >= 4 is 34.8 Å². The third-order valence-corrected chi connectivity index (χ3v) is 5.41. The highest BCUT2D eigenvalue weighted by Gasteiger charge is 2.27. The predicted octanol–water partition coefficient (Wildman–Crippen LogP) is 2.79. The van der Waals surface area contributed by atoms with E-state index in [0.29, 0.717) is 36.9 Å². The zero-order chi connectivity index (χ0) is 21.1. The minimum Gasteiger partial charge on any atom is -0.481 e. The summed E-state index contributed by atoms with van der Waals surface area (Å²) in [7, 11) is 0. The number of carbonyl (C=O) groups excluding carboxylic acids is 2. The molecule has 4 rings (SSSR count). The number of amides is 2. The molecule has 30 heavy (non-hydrogen) atoms. The Morgan fingerprint density at radius 3 is 2.73 bits per heavy atom. The molecular formula is C21H21ClFN3O4. The fourth-order valence-electron chi connectivity index (χ4n) is 3.50. The van der Waals surface area contributed by atoms with E-state index in [-0.39, 0.29) is 23.1 Å². The van der Waals surface area contributed by atoms with E-state index in [0.717, 1.165) is 19.6 Å². The SMILES string of the molecule is O=C(Nc1ccc2c(c1)OCC(=O)N2CCN1CCOCC1)c1c(F)cccc1Cl. The first-order chi connectivity index (χ1) is 14.5. The molecule has 0 atom stereocenters. The van der Waals surface area contributed by atoms with Crippen LogP contribution in [0.4, 0.5) is 15.8 Å². The van der Waals surface area contributed by atoms with Crippen LogP contribution in [-0.4, -0.2) is 62.7 Å². The molecule has 2 heterocycles. The van der Waals surface area contributed by atoms with Gasteiger partial charge in [0, 0.05) is 37.9 Å². The maximum Gasteiger partial charge on any atom is 0.265 e. The second-order valence-electron chi connectivity index (χ2n) is 7.02. The smallest absolute Gasteiger partial charge is 0.265 e. The van der Waals surface area contributed by atoms with Crippen LogP contribution < -0.4 is 15.0 Å². The highest BCUT2D eigenvalue weighted by atomic mass is 35.5. The van der Waals surface area contributed by atoms with Gasteiger partial charge in [0.1, 0.15) is 11.6 Å². The summed E-state index contributed by atoms with van der Waals surface area (Å²) in [6.07, 6.45) is 0. The molecule has 0 unspecified atom stereocenters. The van der Waals surface area contributed by atoms with Gasteiger partial charge in [-0.15, -0.1) is 0 Å². The summed E-state index contributed by atoms with van der Waals surface area (Å²) in [6, 6.07) is 9.04. The van der Waals surface area contributed by atoms with Gasteiger partial charge >= 0.3 is 0 Å². The highest BCUT2D eigenvalue weighted by Crippen LogP contribution is 2.35. The number of benzene rings is 2. The molecule has 0 radical (unpaired) electrons. The standard InChI is InChI=1S/C21H21ClFN3O4/c22-15-2-1-3-16(23)20(15)21(28)24-14-4-5-17-18(12-14)30-13-19(27)26(17)7-6-25-8-10-29-11-9-25/h1-5,12H,6-11,13H2,(H,24,28). The zero-order valence-electron chi connectivity index (χ0n) is 16.2. The maximum absolute atomic E-state index is 14.0. The van der Waals surface area contributed by atoms with Crippen LogP contribution in [0.5, 0.6) is 5.75 Å². The average molecular weight is 434 g/mol. The van der Waals surface area contributed by atoms with Crippen molar-refractivity contribution < 1.29 is 23.5 Å². The van der Waals surface area contributed by atoms with Crippen molar-refractivity contribution in [3.63, 3.8) is 0 Å². The van der Waals surface area contributed by atoms with Crippen LogP contribution in [-0.2, 0) is 9.53 Å². The van der Waals surface area contributed by atoms with Crippen molar-refractivity contribution in [3.05, 3.63) is 52.8 Å². The van der Waals surface area contributed by atoms with Crippen molar-refractivity contribution in [2.75, 3.05) is 56.2 Å². The van der Waals surface area contributed by atoms with Gasteiger partial charge in [0.2, 0.25) is 0 Å². The fourth-order valence-corrected chi connectivity index (χ4v) is 3.75. The molecule has 0 aliphatic carbocycles. The maximum atomic E-state index is 14.0. The number of anilines is 2. The largest absolute Gasteiger partial charge is 0.481 e. The Bertz CT molecular complexity index is 945. The number of halogens is 2. The van der Waals surface area contributed by atoms with E-state index in [2.05, 4.69) is 10.2 Å². The monoisotopic (exact) mass is 433 g/mol. The number of carbonyl (C=O) groups is 2. The van der Waals surface area contributed by atoms with Crippen LogP contribution in [0.1, 0.15) is 10.4 Å². The number of fused-ring (bicyclic) bond motifs is 1. The molecule has 0 aromatic heterocycles. The summed E-state index contributed by atoms with van der Waals surface area (Å²) in [6.45, 7) is 4.27. The predicted molar refractivity (Wildman–Crippen MR) is 111 cm³/mol. The van der Waals surface area contributed by atoms with Crippen LogP contribution in [0, 0.1) is 5.82 Å². The third-order valence-electron chi connectivity index (χ3n) is 5.09. The van der Waals surface area contributed by atoms with Crippen LogP contribution in [0.3, 0.4) is 0 Å². The number of ether oxygens (including phenoxy) is 2. The van der Waals surface area contributed by atoms with E-state index in [1.165, 1.54) is 18.2 Å². The van der Waals surface area contributed by atoms with Gasteiger partial charge in [-0.2, -0.15) is 0 Å². The first-order valence-electron chi connectivity index (χ1n) is 9.65. The topological polar surface area (TPSA) is 71.1 Å². The normalized spacial score (nSPS) is 16.7. The van der Waals surface area contributed by atoms with Crippen LogP contribution in [0.2, 0.25) is 5.02 Å². The summed E-state index contributed by atoms with van der Waals surface area (Å²) in [4.78, 5) is 28.8. The molecule has 9 heteroatoms. The fraction of sp³-hybridized carbons (Fsp3) is 0.333. The molecule has 2 amide bonds. The number of hydrogen-bond acceptors (Lipinski definition) is 5. The molecule has 1 saturated heterocycles. The Balaban J connectivity index is 1.48. The highest BCUT2D eigenvalue weighted by molar-refractivity contribution is 6.34. The van der Waals surface area contributed by atoms with Crippen molar-refractivity contribution in [2.45, 2.75) is 0 Å². The lowest BCUT2D eigenvalue weighted by molar-refractivity contribution is -0.121. The van der Waals surface area contributed by atoms with Crippen LogP contribution >= 0.6 is 11.6 Å². The van der Waals surface area contributed by atoms with E-state index in [9.17, 15) is 14.0 Å². The molecule has 2 aliphatic heterocycles. The molecule has 0 spiro atoms. The molecule has 0 saturated carbocycles. The molecule has 1 fully saturated rings. The third kappa shape index (κ3) is 4.40. The number of morpholine rings is 1. The number of hydrogen-bond donors (Lipinski definition) is 1. The Morgan fingerprint density at radius 1 is 1.17 bits per heavy atom. The molecule has 1 N–H and O–H groups in total. The van der Waals surface area contributed by atoms with Crippen molar-refractivity contribution in [1.29, 1.82) is 0 Å². The second-order valence-corrected chi connectivity index (χ2v) is 7.43. The van der Waals surface area contributed by atoms with Gasteiger partial charge in [0.05, 0.1) is 29.5 Å². The van der Waals surface area contributed by atoms with Crippen LogP contribution in [0.25, 0.3) is 0 Å². The summed E-state index contributed by atoms with van der Waals surface area (Å²) in [5, 5.41) is 2.66. The quantitative estimate of drug-likeness (QED) is 0.785. The van der Waals surface area contributed by atoms with Gasteiger partial charge in [0.15, 0.2) is 6.61 Å². The minimum atomic E-state index is -0.700. The summed E-state index contributed by atoms with van der Waals surface area (Å²) in [5.41, 5.74) is 0.835. The van der Waals surface area contributed by atoms with Gasteiger partial charge in [-0.3, -0.25) is 14.5 Å². The van der Waals surface area contributed by atoms with Gasteiger partial charge in [0.25, 0.3) is 11.8 Å². The lowest BCUT2D eigenvalue weighted by atomic mass is 10.1. The first kappa shape index (κ1) is 20.6. The van der Waals surface area contributed by atoms with E-state index >= 15 is 0 Å². The van der Waals surface area contributed by atoms with E-state index in [4.69, 9.17) is 21.1 Å². The lowest BCUT2D eigenvalue weighted by Crippen LogP contribution is -2.45. The summed E-state index contributed by atoms with van der Waals surface area (Å²) in [5.74, 6) is -0.997. The van der Waals surface area contributed by atoms with Gasteiger partial charge in [-0.1, -0.05) is 17.7 Å². The number of nitrogens with zero attached hydrogens (tertiary/aromatic N) is 2. The number of nitrogens with one attached hydrogen (secondary N) is 1. The van der Waals surface area contributed by atoms with Gasteiger partial charge in [-0.25, -0.2) is 4.39 Å². The lowest BCUT2D eigenvalue weighted by Gasteiger charge is -2.33. The summed E-state index contributed by atoms with van der Waals surface area (Å²) < 4.78 is 24.9. The molecular weight excluding hydrogens is 413 g/mol. The van der Waals surface area contributed by atoms with Crippen molar-refractivity contribution in [2.24, 2.45) is 0 Å². The molecule has 2 aromatic carbocycles. The first-order valence-corrected chi connectivity index (χ1v) is 10.0. The van der Waals surface area contributed by atoms with Crippen molar-refractivity contribution in [1.82, 2.24) is 4.90 Å². The average Bonchev–Trinajstić information content (AvgIpc) is 2.74. The summed E-state index contributed by atoms with van der Waals surface area (Å²) >= 11 is 5.96. The Kier molecular flexibility index (Phi) is 6.17. The Labute approximate surface area is 178 Å². The molecule has 2 aromatic rings. The van der Waals surface area contributed by atoms with E-state index < -0.39 is 11.7 Å². The van der Waals surface area contributed by atoms with Crippen LogP contribution in [0.15, 0.2) is 36.4 Å². The van der Waals surface area contributed by atoms with Gasteiger partial charge in [-0.05, 0) is 24.3 Å².